The minimum absolute atomic E-state index is 0.214. The van der Waals surface area contributed by atoms with Gasteiger partial charge in [-0.05, 0) is 36.6 Å². The molecule has 0 atom stereocenters. The van der Waals surface area contributed by atoms with Gasteiger partial charge in [0.05, 0.1) is 5.02 Å². The molecule has 1 amide bonds. The molecule has 0 radical (unpaired) electrons. The van der Waals surface area contributed by atoms with Gasteiger partial charge in [-0.2, -0.15) is 5.10 Å². The molecule has 3 rings (SSSR count). The summed E-state index contributed by atoms with van der Waals surface area (Å²) in [6.45, 7) is 3.80. The summed E-state index contributed by atoms with van der Waals surface area (Å²) in [6, 6.07) is 6.47. The van der Waals surface area contributed by atoms with Gasteiger partial charge in [-0.25, -0.2) is 4.68 Å². The van der Waals surface area contributed by atoms with E-state index in [1.807, 2.05) is 13.0 Å². The molecule has 138 valence electrons. The minimum atomic E-state index is -0.321. The van der Waals surface area contributed by atoms with Crippen LogP contribution in [0.2, 0.25) is 5.02 Å². The van der Waals surface area contributed by atoms with Gasteiger partial charge < -0.3 is 14.8 Å². The summed E-state index contributed by atoms with van der Waals surface area (Å²) in [4.78, 5) is 23.9. The fourth-order valence-corrected chi connectivity index (χ4v) is 2.95. The van der Waals surface area contributed by atoms with Crippen LogP contribution in [-0.4, -0.2) is 35.4 Å². The van der Waals surface area contributed by atoms with Crippen LogP contribution in [0, 0.1) is 0 Å². The molecule has 0 aliphatic carbocycles. The third kappa shape index (κ3) is 4.16. The van der Waals surface area contributed by atoms with E-state index in [-0.39, 0.29) is 17.2 Å². The van der Waals surface area contributed by atoms with Crippen LogP contribution in [0.3, 0.4) is 0 Å². The molecule has 0 spiro atoms. The van der Waals surface area contributed by atoms with Crippen molar-refractivity contribution in [2.24, 2.45) is 0 Å². The first-order chi connectivity index (χ1) is 12.6. The quantitative estimate of drug-likeness (QED) is 0.833. The highest BCUT2D eigenvalue weighted by Gasteiger charge is 2.17. The highest BCUT2D eigenvalue weighted by atomic mass is 35.5. The number of carbonyl (C=O) groups excluding carboxylic acids is 1. The van der Waals surface area contributed by atoms with Crippen LogP contribution in [0.4, 0.5) is 0 Å². The molecule has 1 aromatic carbocycles. The molecule has 1 aliphatic heterocycles. The lowest BCUT2D eigenvalue weighted by Gasteiger charge is -2.20. The van der Waals surface area contributed by atoms with Crippen LogP contribution >= 0.6 is 11.6 Å². The second-order valence-corrected chi connectivity index (χ2v) is 6.29. The summed E-state index contributed by atoms with van der Waals surface area (Å²) in [5.74, 6) is 0.866. The molecular weight excluding hydrogens is 358 g/mol. The third-order valence-corrected chi connectivity index (χ3v) is 4.17. The van der Waals surface area contributed by atoms with E-state index in [0.717, 1.165) is 12.0 Å². The molecule has 1 aromatic heterocycles. The van der Waals surface area contributed by atoms with Crippen molar-refractivity contribution in [3.8, 4) is 11.5 Å². The zero-order chi connectivity index (χ0) is 18.5. The molecule has 0 saturated heterocycles. The van der Waals surface area contributed by atoms with Gasteiger partial charge in [0.2, 0.25) is 0 Å². The Morgan fingerprint density at radius 3 is 2.92 bits per heavy atom. The third-order valence-electron chi connectivity index (χ3n) is 3.89. The standard InChI is InChI=1S/C18H20ClN3O4/c1-2-7-22-16(23)4-3-14(21-22)18(24)20-6-5-12-10-13(19)17-15(11-12)25-8-9-26-17/h3-4,10-11H,2,5-9H2,1H3,(H,20,24). The lowest BCUT2D eigenvalue weighted by atomic mass is 10.1. The molecule has 2 aromatic rings. The van der Waals surface area contributed by atoms with Gasteiger partial charge in [-0.15, -0.1) is 0 Å². The SMILES string of the molecule is CCCn1nc(C(=O)NCCc2cc(Cl)c3c(c2)OCCO3)ccc1=O. The van der Waals surface area contributed by atoms with Crippen LogP contribution in [0.1, 0.15) is 29.4 Å². The Morgan fingerprint density at radius 2 is 2.12 bits per heavy atom. The highest BCUT2D eigenvalue weighted by molar-refractivity contribution is 6.32. The minimum Gasteiger partial charge on any atom is -0.486 e. The first kappa shape index (κ1) is 18.3. The van der Waals surface area contributed by atoms with Gasteiger partial charge in [-0.3, -0.25) is 9.59 Å². The van der Waals surface area contributed by atoms with Crippen molar-refractivity contribution in [3.05, 3.63) is 50.9 Å². The van der Waals surface area contributed by atoms with Crippen molar-refractivity contribution in [2.45, 2.75) is 26.3 Å². The van der Waals surface area contributed by atoms with E-state index in [0.29, 0.717) is 49.2 Å². The first-order valence-corrected chi connectivity index (χ1v) is 8.90. The number of fused-ring (bicyclic) bond motifs is 1. The van der Waals surface area contributed by atoms with Crippen LogP contribution in [0.15, 0.2) is 29.1 Å². The maximum absolute atomic E-state index is 12.2. The van der Waals surface area contributed by atoms with Gasteiger partial charge in [0.25, 0.3) is 11.5 Å². The van der Waals surface area contributed by atoms with Crippen molar-refractivity contribution in [1.29, 1.82) is 0 Å². The number of rotatable bonds is 6. The lowest BCUT2D eigenvalue weighted by molar-refractivity contribution is 0.0946. The smallest absolute Gasteiger partial charge is 0.271 e. The normalized spacial score (nSPS) is 12.7. The van der Waals surface area contributed by atoms with Crippen molar-refractivity contribution in [1.82, 2.24) is 15.1 Å². The van der Waals surface area contributed by atoms with E-state index in [2.05, 4.69) is 10.4 Å². The summed E-state index contributed by atoms with van der Waals surface area (Å²) in [7, 11) is 0. The molecule has 8 heteroatoms. The van der Waals surface area contributed by atoms with Gasteiger partial charge >= 0.3 is 0 Å². The van der Waals surface area contributed by atoms with E-state index in [1.165, 1.54) is 16.8 Å². The number of aryl methyl sites for hydroxylation is 1. The summed E-state index contributed by atoms with van der Waals surface area (Å²) in [6.07, 6.45) is 1.35. The zero-order valence-electron chi connectivity index (χ0n) is 14.5. The average Bonchev–Trinajstić information content (AvgIpc) is 2.64. The molecular formula is C18H20ClN3O4. The number of nitrogens with zero attached hydrogens (tertiary/aromatic N) is 2. The molecule has 1 aliphatic rings. The van der Waals surface area contributed by atoms with E-state index in [4.69, 9.17) is 21.1 Å². The number of amides is 1. The van der Waals surface area contributed by atoms with Gasteiger partial charge in [0.15, 0.2) is 11.5 Å². The number of aromatic nitrogens is 2. The van der Waals surface area contributed by atoms with Crippen molar-refractivity contribution >= 4 is 17.5 Å². The maximum atomic E-state index is 12.2. The Morgan fingerprint density at radius 1 is 1.31 bits per heavy atom. The number of halogens is 1. The van der Waals surface area contributed by atoms with Crippen molar-refractivity contribution in [3.63, 3.8) is 0 Å². The average molecular weight is 378 g/mol. The van der Waals surface area contributed by atoms with E-state index in [9.17, 15) is 9.59 Å². The Labute approximate surface area is 155 Å². The largest absolute Gasteiger partial charge is 0.486 e. The number of hydrogen-bond donors (Lipinski definition) is 1. The van der Waals surface area contributed by atoms with Crippen LogP contribution in [0.5, 0.6) is 11.5 Å². The second kappa shape index (κ2) is 8.23. The number of hydrogen-bond acceptors (Lipinski definition) is 5. The van der Waals surface area contributed by atoms with Crippen LogP contribution in [-0.2, 0) is 13.0 Å². The van der Waals surface area contributed by atoms with Gasteiger partial charge in [-0.1, -0.05) is 18.5 Å². The van der Waals surface area contributed by atoms with Crippen molar-refractivity contribution < 1.29 is 14.3 Å². The molecule has 0 saturated carbocycles. The summed E-state index contributed by atoms with van der Waals surface area (Å²) < 4.78 is 12.3. The highest BCUT2D eigenvalue weighted by Crippen LogP contribution is 2.38. The fraction of sp³-hybridized carbons (Fsp3) is 0.389. The maximum Gasteiger partial charge on any atom is 0.271 e. The van der Waals surface area contributed by atoms with Crippen molar-refractivity contribution in [2.75, 3.05) is 19.8 Å². The molecule has 2 heterocycles. The Hall–Kier alpha value is -2.54. The molecule has 0 fully saturated rings. The Balaban J connectivity index is 1.61. The number of benzene rings is 1. The monoisotopic (exact) mass is 377 g/mol. The second-order valence-electron chi connectivity index (χ2n) is 5.89. The Kier molecular flexibility index (Phi) is 5.78. The van der Waals surface area contributed by atoms with Crippen LogP contribution in [0.25, 0.3) is 0 Å². The molecule has 1 N–H and O–H groups in total. The molecule has 7 nitrogen and oxygen atoms in total. The van der Waals surface area contributed by atoms with E-state index >= 15 is 0 Å². The molecule has 0 unspecified atom stereocenters. The summed E-state index contributed by atoms with van der Waals surface area (Å²) in [5, 5.41) is 7.39. The topological polar surface area (TPSA) is 82.5 Å². The predicted octanol–water partition coefficient (Wildman–Crippen LogP) is 2.05. The molecule has 0 bridgehead atoms. The van der Waals surface area contributed by atoms with Crippen LogP contribution < -0.4 is 20.3 Å². The summed E-state index contributed by atoms with van der Waals surface area (Å²) >= 11 is 6.21. The van der Waals surface area contributed by atoms with E-state index < -0.39 is 0 Å². The van der Waals surface area contributed by atoms with E-state index in [1.54, 1.807) is 6.07 Å². The molecule has 26 heavy (non-hydrogen) atoms. The fourth-order valence-electron chi connectivity index (χ4n) is 2.66. The van der Waals surface area contributed by atoms with Gasteiger partial charge in [0, 0.05) is 19.2 Å². The first-order valence-electron chi connectivity index (χ1n) is 8.53. The zero-order valence-corrected chi connectivity index (χ0v) is 15.2. The van der Waals surface area contributed by atoms with Gasteiger partial charge in [0.1, 0.15) is 18.9 Å². The lowest BCUT2D eigenvalue weighted by Crippen LogP contribution is -2.30. The number of nitrogens with one attached hydrogen (secondary N) is 1. The summed E-state index contributed by atoms with van der Waals surface area (Å²) in [5.41, 5.74) is 0.941. The Bertz CT molecular complexity index is 866. The number of ether oxygens (including phenoxy) is 2. The number of carbonyl (C=O) groups is 1. The predicted molar refractivity (Wildman–Crippen MR) is 97.3 cm³/mol.